The van der Waals surface area contributed by atoms with E-state index in [0.29, 0.717) is 0 Å². The van der Waals surface area contributed by atoms with Crippen LogP contribution in [0.25, 0.3) is 0 Å². The van der Waals surface area contributed by atoms with Gasteiger partial charge in [0.2, 0.25) is 0 Å². The predicted molar refractivity (Wildman–Crippen MR) is 56.9 cm³/mol. The third-order valence-corrected chi connectivity index (χ3v) is 1.99. The number of rotatable bonds is 0. The third kappa shape index (κ3) is 3.12. The molecular weight excluding hydrogens is 162 g/mol. The summed E-state index contributed by atoms with van der Waals surface area (Å²) in [6, 6.07) is 0. The molecule has 0 saturated heterocycles. The molecule has 0 aromatic rings. The molecule has 0 aliphatic carbocycles. The summed E-state index contributed by atoms with van der Waals surface area (Å²) in [6.07, 6.45) is 5.29. The number of hydroxylamine groups is 2. The first-order valence-electron chi connectivity index (χ1n) is 4.97. The lowest BCUT2D eigenvalue weighted by Gasteiger charge is -2.34. The van der Waals surface area contributed by atoms with E-state index in [9.17, 15) is 5.21 Å². The highest BCUT2D eigenvalue weighted by molar-refractivity contribution is 5.18. The van der Waals surface area contributed by atoms with Crippen LogP contribution < -0.4 is 0 Å². The number of hydrogen-bond donors (Lipinski definition) is 1. The Bertz CT molecular complexity index is 165. The lowest BCUT2D eigenvalue weighted by Crippen LogP contribution is -2.46. The average molecular weight is 185 g/mol. The van der Waals surface area contributed by atoms with Crippen molar-refractivity contribution in [1.29, 1.82) is 0 Å². The summed E-state index contributed by atoms with van der Waals surface area (Å²) in [6.45, 7) is 12.2. The molecule has 2 nitrogen and oxygen atoms in total. The lowest BCUT2D eigenvalue weighted by atomic mass is 10.1. The quantitative estimate of drug-likeness (QED) is 0.586. The maximum atomic E-state index is 9.56. The lowest BCUT2D eigenvalue weighted by molar-refractivity contribution is -0.182. The number of hydrogen-bond acceptors (Lipinski definition) is 2. The second-order valence-corrected chi connectivity index (χ2v) is 4.66. The van der Waals surface area contributed by atoms with E-state index < -0.39 is 0 Å². The molecule has 1 aliphatic rings. The van der Waals surface area contributed by atoms with Crippen molar-refractivity contribution < 1.29 is 5.21 Å². The van der Waals surface area contributed by atoms with Crippen molar-refractivity contribution >= 4 is 0 Å². The minimum atomic E-state index is -0.205. The minimum absolute atomic E-state index is 0.205. The third-order valence-electron chi connectivity index (χ3n) is 1.99. The fourth-order valence-corrected chi connectivity index (χ4v) is 1.29. The highest BCUT2D eigenvalue weighted by atomic mass is 16.5. The maximum absolute atomic E-state index is 9.56. The van der Waals surface area contributed by atoms with Crippen LogP contribution in [0, 0.1) is 0 Å². The van der Waals surface area contributed by atoms with Gasteiger partial charge in [0, 0.05) is 0 Å². The zero-order valence-corrected chi connectivity index (χ0v) is 9.76. The van der Waals surface area contributed by atoms with Gasteiger partial charge < -0.3 is 5.21 Å². The molecule has 0 aromatic heterocycles. The van der Waals surface area contributed by atoms with Crippen molar-refractivity contribution in [3.8, 4) is 0 Å². The van der Waals surface area contributed by atoms with Gasteiger partial charge >= 0.3 is 0 Å². The normalized spacial score (nSPS) is 23.9. The first kappa shape index (κ1) is 12.7. The Morgan fingerprint density at radius 2 is 1.23 bits per heavy atom. The molecule has 0 saturated carbocycles. The van der Waals surface area contributed by atoms with Crippen LogP contribution in [0.3, 0.4) is 0 Å². The summed E-state index contributed by atoms with van der Waals surface area (Å²) in [4.78, 5) is 0. The molecule has 0 radical (unpaired) electrons. The minimum Gasteiger partial charge on any atom is -0.312 e. The van der Waals surface area contributed by atoms with Gasteiger partial charge in [0.1, 0.15) is 0 Å². The largest absolute Gasteiger partial charge is 0.312 e. The summed E-state index contributed by atoms with van der Waals surface area (Å²) < 4.78 is 0. The monoisotopic (exact) mass is 185 g/mol. The molecule has 0 bridgehead atoms. The Labute approximate surface area is 82.2 Å². The second-order valence-electron chi connectivity index (χ2n) is 4.66. The molecule has 0 aromatic carbocycles. The van der Waals surface area contributed by atoms with Gasteiger partial charge in [-0.1, -0.05) is 32.4 Å². The van der Waals surface area contributed by atoms with Crippen molar-refractivity contribution in [2.45, 2.75) is 59.0 Å². The Kier molecular flexibility index (Phi) is 4.14. The van der Waals surface area contributed by atoms with Crippen LogP contribution in [0.1, 0.15) is 48.0 Å². The van der Waals surface area contributed by atoms with Gasteiger partial charge in [0.25, 0.3) is 0 Å². The molecule has 2 heteroatoms. The van der Waals surface area contributed by atoms with Gasteiger partial charge in [0.05, 0.1) is 11.1 Å². The van der Waals surface area contributed by atoms with Crippen LogP contribution >= 0.6 is 0 Å². The van der Waals surface area contributed by atoms with E-state index >= 15 is 0 Å². The van der Waals surface area contributed by atoms with Crippen LogP contribution in [0.2, 0.25) is 0 Å². The molecule has 1 N–H and O–H groups in total. The van der Waals surface area contributed by atoms with E-state index in [1.165, 1.54) is 11.5 Å². The van der Waals surface area contributed by atoms with Crippen molar-refractivity contribution in [3.63, 3.8) is 0 Å². The summed E-state index contributed by atoms with van der Waals surface area (Å²) >= 11 is 0. The highest BCUT2D eigenvalue weighted by Gasteiger charge is 2.38. The van der Waals surface area contributed by atoms with Crippen LogP contribution in [-0.4, -0.2) is 21.3 Å². The average Bonchev–Trinajstić information content (AvgIpc) is 2.17. The highest BCUT2D eigenvalue weighted by Crippen LogP contribution is 2.31. The molecule has 1 aliphatic heterocycles. The Morgan fingerprint density at radius 1 is 1.00 bits per heavy atom. The molecular formula is C11H23NO. The molecule has 0 fully saturated rings. The first-order valence-corrected chi connectivity index (χ1v) is 4.97. The van der Waals surface area contributed by atoms with E-state index in [4.69, 9.17) is 0 Å². The topological polar surface area (TPSA) is 23.5 Å². The van der Waals surface area contributed by atoms with E-state index in [1.54, 1.807) is 0 Å². The standard InChI is InChI=1S/C8H15NO.C3H8/c1-7(2)5-6-8(3,4)9(7)10;1-3-2/h5-6,10H,1-4H3;3H2,1-2H3. The van der Waals surface area contributed by atoms with Gasteiger partial charge in [-0.05, 0) is 27.7 Å². The zero-order valence-electron chi connectivity index (χ0n) is 9.76. The first-order chi connectivity index (χ1) is 5.78. The summed E-state index contributed by atoms with van der Waals surface area (Å²) in [5.41, 5.74) is -0.410. The van der Waals surface area contributed by atoms with Crippen molar-refractivity contribution in [2.24, 2.45) is 0 Å². The van der Waals surface area contributed by atoms with E-state index in [1.807, 2.05) is 39.8 Å². The molecule has 13 heavy (non-hydrogen) atoms. The fraction of sp³-hybridized carbons (Fsp3) is 0.818. The maximum Gasteiger partial charge on any atom is 0.0593 e. The SMILES string of the molecule is CC1(C)C=CC(C)(C)N1O.CCC. The van der Waals surface area contributed by atoms with Crippen LogP contribution in [0.4, 0.5) is 0 Å². The van der Waals surface area contributed by atoms with Gasteiger partial charge in [-0.2, -0.15) is 5.06 Å². The van der Waals surface area contributed by atoms with Crippen molar-refractivity contribution in [1.82, 2.24) is 5.06 Å². The molecule has 1 heterocycles. The van der Waals surface area contributed by atoms with E-state index in [0.717, 1.165) is 0 Å². The predicted octanol–water partition coefficient (Wildman–Crippen LogP) is 3.22. The summed E-state index contributed by atoms with van der Waals surface area (Å²) in [5.74, 6) is 0. The van der Waals surface area contributed by atoms with Crippen LogP contribution in [0.15, 0.2) is 12.2 Å². The molecule has 1 rings (SSSR count). The summed E-state index contributed by atoms with van der Waals surface area (Å²) in [5, 5.41) is 10.9. The van der Waals surface area contributed by atoms with Gasteiger partial charge in [-0.15, -0.1) is 0 Å². The Balaban J connectivity index is 0.000000424. The Morgan fingerprint density at radius 3 is 1.31 bits per heavy atom. The molecule has 0 unspecified atom stereocenters. The van der Waals surface area contributed by atoms with E-state index in [2.05, 4.69) is 13.8 Å². The van der Waals surface area contributed by atoms with Gasteiger partial charge in [0.15, 0.2) is 0 Å². The van der Waals surface area contributed by atoms with Crippen LogP contribution in [0.5, 0.6) is 0 Å². The Hall–Kier alpha value is -0.340. The van der Waals surface area contributed by atoms with Gasteiger partial charge in [-0.25, -0.2) is 0 Å². The number of nitrogens with zero attached hydrogens (tertiary/aromatic N) is 1. The zero-order chi connectivity index (χ0) is 10.7. The molecule has 0 atom stereocenters. The fourth-order valence-electron chi connectivity index (χ4n) is 1.29. The second kappa shape index (κ2) is 4.25. The van der Waals surface area contributed by atoms with Gasteiger partial charge in [-0.3, -0.25) is 0 Å². The molecule has 0 amide bonds. The van der Waals surface area contributed by atoms with Crippen LogP contribution in [-0.2, 0) is 0 Å². The summed E-state index contributed by atoms with van der Waals surface area (Å²) in [7, 11) is 0. The van der Waals surface area contributed by atoms with E-state index in [-0.39, 0.29) is 11.1 Å². The van der Waals surface area contributed by atoms with Crippen molar-refractivity contribution in [2.75, 3.05) is 0 Å². The molecule has 78 valence electrons. The van der Waals surface area contributed by atoms with Crippen molar-refractivity contribution in [3.05, 3.63) is 12.2 Å². The smallest absolute Gasteiger partial charge is 0.0593 e. The molecule has 0 spiro atoms.